The van der Waals surface area contributed by atoms with Crippen molar-refractivity contribution in [3.8, 4) is 0 Å². The molecular weight excluding hydrogens is 285 g/mol. The van der Waals surface area contributed by atoms with Gasteiger partial charge in [0.15, 0.2) is 0 Å². The first kappa shape index (κ1) is 17.9. The Hall–Kier alpha value is -0.153. The molecule has 0 aromatic carbocycles. The monoisotopic (exact) mass is 315 g/mol. The summed E-state index contributed by atoms with van der Waals surface area (Å²) in [5.41, 5.74) is -0.0530. The lowest BCUT2D eigenvalue weighted by molar-refractivity contribution is 0.275. The van der Waals surface area contributed by atoms with Gasteiger partial charge in [-0.15, -0.1) is 0 Å². The highest BCUT2D eigenvalue weighted by molar-refractivity contribution is 7.58. The molecule has 0 aromatic heterocycles. The molecule has 0 spiro atoms. The summed E-state index contributed by atoms with van der Waals surface area (Å²) in [6, 6.07) is 0. The van der Waals surface area contributed by atoms with Gasteiger partial charge in [-0.05, 0) is 13.3 Å². The molecule has 0 radical (unpaired) electrons. The van der Waals surface area contributed by atoms with E-state index in [1.165, 1.54) is 5.20 Å². The zero-order valence-electron chi connectivity index (χ0n) is 13.8. The highest BCUT2D eigenvalue weighted by Crippen LogP contribution is 2.59. The summed E-state index contributed by atoms with van der Waals surface area (Å²) >= 11 is 0. The third-order valence-electron chi connectivity index (χ3n) is 3.77. The van der Waals surface area contributed by atoms with Gasteiger partial charge in [0.25, 0.3) is 7.52 Å². The van der Waals surface area contributed by atoms with E-state index in [4.69, 9.17) is 4.52 Å². The van der Waals surface area contributed by atoms with E-state index < -0.39 is 15.6 Å². The maximum absolute atomic E-state index is 13.6. The Bertz CT molecular complexity index is 422. The maximum atomic E-state index is 13.6. The molecule has 0 heterocycles. The van der Waals surface area contributed by atoms with Gasteiger partial charge in [0.1, 0.15) is 0 Å². The first-order valence-electron chi connectivity index (χ1n) is 7.68. The van der Waals surface area contributed by atoms with Crippen molar-refractivity contribution < 1.29 is 9.09 Å². The molecule has 20 heavy (non-hydrogen) atoms. The van der Waals surface area contributed by atoms with Crippen molar-refractivity contribution >= 4 is 15.6 Å². The number of hydrogen-bond donors (Lipinski definition) is 0. The highest BCUT2D eigenvalue weighted by atomic mass is 31.2. The van der Waals surface area contributed by atoms with Crippen molar-refractivity contribution in [3.63, 3.8) is 0 Å². The second-order valence-electron chi connectivity index (χ2n) is 6.14. The molecule has 0 amide bonds. The summed E-state index contributed by atoms with van der Waals surface area (Å²) in [5, 5.41) is 1.38. The van der Waals surface area contributed by atoms with Crippen LogP contribution in [0.1, 0.15) is 27.2 Å². The standard InChI is InChI=1S/C15H30NO2PSi/c1-7-16(8-2)19(17,18-9-3)14-12-10-11-13-15(14)20(4,5)6/h10,12-14H,7-9,11H2,1-6H3. The van der Waals surface area contributed by atoms with Gasteiger partial charge in [0, 0.05) is 13.1 Å². The molecule has 5 heteroatoms. The smallest absolute Gasteiger partial charge is 0.282 e. The van der Waals surface area contributed by atoms with Crippen LogP contribution in [-0.2, 0) is 9.09 Å². The van der Waals surface area contributed by atoms with E-state index in [1.54, 1.807) is 0 Å². The molecule has 1 aliphatic rings. The normalized spacial score (nSPS) is 22.8. The third kappa shape index (κ3) is 3.73. The van der Waals surface area contributed by atoms with Crippen LogP contribution in [0.3, 0.4) is 0 Å². The van der Waals surface area contributed by atoms with Gasteiger partial charge >= 0.3 is 0 Å². The Balaban J connectivity index is 3.25. The Morgan fingerprint density at radius 3 is 2.35 bits per heavy atom. The molecule has 0 saturated carbocycles. The summed E-state index contributed by atoms with van der Waals surface area (Å²) in [6.45, 7) is 15.0. The largest absolute Gasteiger partial charge is 0.317 e. The quantitative estimate of drug-likeness (QED) is 0.388. The molecule has 0 saturated heterocycles. The summed E-state index contributed by atoms with van der Waals surface area (Å²) in [4.78, 5) is 0. The first-order chi connectivity index (χ1) is 9.31. The highest BCUT2D eigenvalue weighted by Gasteiger charge is 2.43. The lowest BCUT2D eigenvalue weighted by Crippen LogP contribution is -2.37. The van der Waals surface area contributed by atoms with Gasteiger partial charge in [-0.25, -0.2) is 4.67 Å². The number of nitrogens with zero attached hydrogens (tertiary/aromatic N) is 1. The van der Waals surface area contributed by atoms with Crippen LogP contribution in [0.15, 0.2) is 23.4 Å². The molecule has 0 N–H and O–H groups in total. The van der Waals surface area contributed by atoms with Crippen LogP contribution in [0.2, 0.25) is 19.6 Å². The van der Waals surface area contributed by atoms with Crippen molar-refractivity contribution in [3.05, 3.63) is 23.4 Å². The van der Waals surface area contributed by atoms with E-state index in [-0.39, 0.29) is 5.66 Å². The van der Waals surface area contributed by atoms with Gasteiger partial charge in [-0.1, -0.05) is 56.9 Å². The Morgan fingerprint density at radius 1 is 1.30 bits per heavy atom. The van der Waals surface area contributed by atoms with Crippen molar-refractivity contribution in [1.29, 1.82) is 0 Å². The van der Waals surface area contributed by atoms with Crippen molar-refractivity contribution in [2.75, 3.05) is 19.7 Å². The molecule has 2 unspecified atom stereocenters. The van der Waals surface area contributed by atoms with Crippen LogP contribution < -0.4 is 0 Å². The van der Waals surface area contributed by atoms with Crippen LogP contribution in [-0.4, -0.2) is 38.1 Å². The van der Waals surface area contributed by atoms with Crippen LogP contribution in [0.5, 0.6) is 0 Å². The van der Waals surface area contributed by atoms with Crippen LogP contribution in [0, 0.1) is 0 Å². The van der Waals surface area contributed by atoms with Gasteiger partial charge in [0.2, 0.25) is 0 Å². The van der Waals surface area contributed by atoms with Crippen LogP contribution >= 0.6 is 7.52 Å². The molecular formula is C15H30NO2PSi. The minimum Gasteiger partial charge on any atom is -0.317 e. The molecule has 0 fully saturated rings. The van der Waals surface area contributed by atoms with E-state index in [2.05, 4.69) is 51.7 Å². The average Bonchev–Trinajstić information content (AvgIpc) is 2.39. The second-order valence-corrected chi connectivity index (χ2v) is 13.7. The van der Waals surface area contributed by atoms with E-state index in [1.807, 2.05) is 11.6 Å². The van der Waals surface area contributed by atoms with Gasteiger partial charge < -0.3 is 4.52 Å². The van der Waals surface area contributed by atoms with Gasteiger partial charge in [-0.2, -0.15) is 0 Å². The Labute approximate surface area is 125 Å². The lowest BCUT2D eigenvalue weighted by Gasteiger charge is -2.39. The van der Waals surface area contributed by atoms with Gasteiger partial charge in [0.05, 0.1) is 20.3 Å². The fourth-order valence-electron chi connectivity index (χ4n) is 2.80. The molecule has 1 aliphatic carbocycles. The molecule has 1 rings (SSSR count). The van der Waals surface area contributed by atoms with E-state index >= 15 is 0 Å². The van der Waals surface area contributed by atoms with Crippen molar-refractivity contribution in [2.45, 2.75) is 52.5 Å². The van der Waals surface area contributed by atoms with Crippen LogP contribution in [0.25, 0.3) is 0 Å². The average molecular weight is 315 g/mol. The van der Waals surface area contributed by atoms with Gasteiger partial charge in [-0.3, -0.25) is 4.57 Å². The van der Waals surface area contributed by atoms with Crippen molar-refractivity contribution in [2.24, 2.45) is 0 Å². The molecule has 2 atom stereocenters. The Kier molecular flexibility index (Phi) is 6.46. The predicted molar refractivity (Wildman–Crippen MR) is 91.1 cm³/mol. The topological polar surface area (TPSA) is 29.5 Å². The fourth-order valence-corrected chi connectivity index (χ4v) is 8.80. The lowest BCUT2D eigenvalue weighted by atomic mass is 10.2. The van der Waals surface area contributed by atoms with E-state index in [0.717, 1.165) is 19.5 Å². The summed E-state index contributed by atoms with van der Waals surface area (Å²) in [6.07, 6.45) is 7.50. The summed E-state index contributed by atoms with van der Waals surface area (Å²) in [5.74, 6) is 0. The minimum atomic E-state index is -2.84. The molecule has 0 aliphatic heterocycles. The third-order valence-corrected chi connectivity index (χ3v) is 9.39. The van der Waals surface area contributed by atoms with Crippen molar-refractivity contribution in [1.82, 2.24) is 4.67 Å². The fraction of sp³-hybridized carbons (Fsp3) is 0.733. The SMILES string of the molecule is CCOP(=O)(C1C=CCC=C1[Si](C)(C)C)N(CC)CC. The molecule has 0 bridgehead atoms. The summed E-state index contributed by atoms with van der Waals surface area (Å²) < 4.78 is 21.5. The molecule has 116 valence electrons. The zero-order chi connectivity index (χ0) is 15.4. The predicted octanol–water partition coefficient (Wildman–Crippen LogP) is 4.69. The number of rotatable bonds is 7. The minimum absolute atomic E-state index is 0.0530. The summed E-state index contributed by atoms with van der Waals surface area (Å²) in [7, 11) is -4.34. The first-order valence-corrected chi connectivity index (χ1v) is 12.8. The maximum Gasteiger partial charge on any atom is 0.282 e. The molecule has 3 nitrogen and oxygen atoms in total. The van der Waals surface area contributed by atoms with Crippen LogP contribution in [0.4, 0.5) is 0 Å². The zero-order valence-corrected chi connectivity index (χ0v) is 15.7. The molecule has 0 aromatic rings. The number of hydrogen-bond acceptors (Lipinski definition) is 2. The Morgan fingerprint density at radius 2 is 1.90 bits per heavy atom. The second kappa shape index (κ2) is 7.21. The number of allylic oxidation sites excluding steroid dienone is 4. The van der Waals surface area contributed by atoms with E-state index in [0.29, 0.717) is 6.61 Å². The van der Waals surface area contributed by atoms with E-state index in [9.17, 15) is 4.57 Å².